The van der Waals surface area contributed by atoms with Crippen molar-refractivity contribution in [2.24, 2.45) is 0 Å². The molecule has 0 fully saturated rings. The van der Waals surface area contributed by atoms with Crippen LogP contribution in [-0.4, -0.2) is 25.7 Å². The predicted molar refractivity (Wildman–Crippen MR) is 97.3 cm³/mol. The van der Waals surface area contributed by atoms with E-state index in [1.807, 2.05) is 6.92 Å². The number of hydrogen-bond donors (Lipinski definition) is 2. The summed E-state index contributed by atoms with van der Waals surface area (Å²) in [7, 11) is 1.56. The van der Waals surface area contributed by atoms with E-state index in [0.717, 1.165) is 12.8 Å². The van der Waals surface area contributed by atoms with Crippen LogP contribution in [0, 0.1) is 0 Å². The fourth-order valence-electron chi connectivity index (χ4n) is 2.14. The topological polar surface area (TPSA) is 76.7 Å². The molecule has 6 nitrogen and oxygen atoms in total. The summed E-state index contributed by atoms with van der Waals surface area (Å²) < 4.78 is 10.3. The highest BCUT2D eigenvalue weighted by Crippen LogP contribution is 2.19. The van der Waals surface area contributed by atoms with Gasteiger partial charge in [0.25, 0.3) is 0 Å². The summed E-state index contributed by atoms with van der Waals surface area (Å²) in [5.74, 6) is 0.184. The van der Waals surface area contributed by atoms with Gasteiger partial charge in [0.2, 0.25) is 0 Å². The van der Waals surface area contributed by atoms with Crippen LogP contribution in [-0.2, 0) is 4.74 Å². The molecule has 2 amide bonds. The third kappa shape index (κ3) is 5.53. The van der Waals surface area contributed by atoms with E-state index < -0.39 is 12.0 Å². The molecular weight excluding hydrogens is 320 g/mol. The minimum Gasteiger partial charge on any atom is -0.497 e. The van der Waals surface area contributed by atoms with E-state index in [1.54, 1.807) is 55.6 Å². The van der Waals surface area contributed by atoms with E-state index in [9.17, 15) is 9.59 Å². The molecule has 0 saturated heterocycles. The third-order valence-electron chi connectivity index (χ3n) is 3.45. The van der Waals surface area contributed by atoms with Crippen molar-refractivity contribution in [1.82, 2.24) is 0 Å². The van der Waals surface area contributed by atoms with Gasteiger partial charge in [-0.2, -0.15) is 0 Å². The van der Waals surface area contributed by atoms with Crippen LogP contribution in [0.4, 0.5) is 16.2 Å². The molecule has 0 aliphatic rings. The van der Waals surface area contributed by atoms with Crippen molar-refractivity contribution in [3.63, 3.8) is 0 Å². The van der Waals surface area contributed by atoms with Gasteiger partial charge >= 0.3 is 12.0 Å². The maximum absolute atomic E-state index is 12.2. The SMILES string of the molecule is CCCCOC(=O)c1ccccc1NC(=O)Nc1cccc(OC)c1. The Morgan fingerprint density at radius 2 is 1.84 bits per heavy atom. The quantitative estimate of drug-likeness (QED) is 0.581. The first-order valence-electron chi connectivity index (χ1n) is 8.12. The van der Waals surface area contributed by atoms with Crippen LogP contribution in [0.5, 0.6) is 5.75 Å². The lowest BCUT2D eigenvalue weighted by Gasteiger charge is -2.12. The number of anilines is 2. The number of esters is 1. The molecule has 6 heteroatoms. The maximum Gasteiger partial charge on any atom is 0.340 e. The second-order valence-corrected chi connectivity index (χ2v) is 5.35. The van der Waals surface area contributed by atoms with Crippen molar-refractivity contribution in [2.45, 2.75) is 19.8 Å². The number of rotatable bonds is 7. The number of carbonyl (C=O) groups is 2. The third-order valence-corrected chi connectivity index (χ3v) is 3.45. The Morgan fingerprint density at radius 1 is 1.04 bits per heavy atom. The normalized spacial score (nSPS) is 10.0. The largest absolute Gasteiger partial charge is 0.497 e. The lowest BCUT2D eigenvalue weighted by atomic mass is 10.2. The van der Waals surface area contributed by atoms with E-state index in [-0.39, 0.29) is 0 Å². The van der Waals surface area contributed by atoms with E-state index in [0.29, 0.717) is 29.3 Å². The number of hydrogen-bond acceptors (Lipinski definition) is 4. The van der Waals surface area contributed by atoms with Crippen LogP contribution in [0.25, 0.3) is 0 Å². The van der Waals surface area contributed by atoms with Crippen LogP contribution in [0.2, 0.25) is 0 Å². The number of urea groups is 1. The monoisotopic (exact) mass is 342 g/mol. The molecule has 0 saturated carbocycles. The minimum atomic E-state index is -0.456. The van der Waals surface area contributed by atoms with Crippen molar-refractivity contribution >= 4 is 23.4 Å². The fraction of sp³-hybridized carbons (Fsp3) is 0.263. The summed E-state index contributed by atoms with van der Waals surface area (Å²) in [5, 5.41) is 5.38. The molecule has 0 bridgehead atoms. The zero-order chi connectivity index (χ0) is 18.1. The van der Waals surface area contributed by atoms with Crippen molar-refractivity contribution in [1.29, 1.82) is 0 Å². The number of benzene rings is 2. The first-order valence-corrected chi connectivity index (χ1v) is 8.12. The Morgan fingerprint density at radius 3 is 2.60 bits per heavy atom. The summed E-state index contributed by atoms with van der Waals surface area (Å²) in [4.78, 5) is 24.4. The molecule has 2 aromatic carbocycles. The van der Waals surface area contributed by atoms with Crippen LogP contribution in [0.1, 0.15) is 30.1 Å². The highest BCUT2D eigenvalue weighted by molar-refractivity contribution is 6.05. The first kappa shape index (κ1) is 18.3. The van der Waals surface area contributed by atoms with Gasteiger partial charge in [0.15, 0.2) is 0 Å². The molecule has 25 heavy (non-hydrogen) atoms. The van der Waals surface area contributed by atoms with E-state index in [2.05, 4.69) is 10.6 Å². The van der Waals surface area contributed by atoms with Crippen molar-refractivity contribution < 1.29 is 19.1 Å². The average Bonchev–Trinajstić information content (AvgIpc) is 2.62. The second kappa shape index (κ2) is 9.32. The molecular formula is C19H22N2O4. The highest BCUT2D eigenvalue weighted by atomic mass is 16.5. The number of methoxy groups -OCH3 is 1. The van der Waals surface area contributed by atoms with Crippen molar-refractivity contribution in [2.75, 3.05) is 24.4 Å². The van der Waals surface area contributed by atoms with Gasteiger partial charge in [-0.15, -0.1) is 0 Å². The maximum atomic E-state index is 12.2. The van der Waals surface area contributed by atoms with Gasteiger partial charge in [0.1, 0.15) is 5.75 Å². The second-order valence-electron chi connectivity index (χ2n) is 5.35. The molecule has 0 atom stereocenters. The van der Waals surface area contributed by atoms with Crippen molar-refractivity contribution in [3.8, 4) is 5.75 Å². The number of unbranched alkanes of at least 4 members (excludes halogenated alkanes) is 1. The van der Waals surface area contributed by atoms with Gasteiger partial charge in [-0.05, 0) is 30.7 Å². The van der Waals surface area contributed by atoms with Crippen LogP contribution in [0.15, 0.2) is 48.5 Å². The molecule has 0 heterocycles. The summed E-state index contributed by atoms with van der Waals surface area (Å²) >= 11 is 0. The Labute approximate surface area is 147 Å². The molecule has 2 rings (SSSR count). The Balaban J connectivity index is 2.04. The number of amides is 2. The van der Waals surface area contributed by atoms with Gasteiger partial charge in [-0.25, -0.2) is 9.59 Å². The smallest absolute Gasteiger partial charge is 0.340 e. The van der Waals surface area contributed by atoms with Gasteiger partial charge < -0.3 is 20.1 Å². The van der Waals surface area contributed by atoms with Crippen LogP contribution < -0.4 is 15.4 Å². The van der Waals surface area contributed by atoms with Crippen LogP contribution in [0.3, 0.4) is 0 Å². The number of para-hydroxylation sites is 1. The lowest BCUT2D eigenvalue weighted by Crippen LogP contribution is -2.21. The molecule has 0 aliphatic carbocycles. The molecule has 132 valence electrons. The summed E-state index contributed by atoms with van der Waals surface area (Å²) in [5.41, 5.74) is 1.30. The van der Waals surface area contributed by atoms with Gasteiger partial charge in [-0.3, -0.25) is 0 Å². The number of ether oxygens (including phenoxy) is 2. The van der Waals surface area contributed by atoms with E-state index in [4.69, 9.17) is 9.47 Å². The fourth-order valence-corrected chi connectivity index (χ4v) is 2.14. The molecule has 2 aromatic rings. The Hall–Kier alpha value is -3.02. The molecule has 2 N–H and O–H groups in total. The Bertz CT molecular complexity index is 731. The van der Waals surface area contributed by atoms with Crippen molar-refractivity contribution in [3.05, 3.63) is 54.1 Å². The van der Waals surface area contributed by atoms with Gasteiger partial charge in [0.05, 0.1) is 25.0 Å². The molecule has 0 aromatic heterocycles. The zero-order valence-corrected chi connectivity index (χ0v) is 14.4. The lowest BCUT2D eigenvalue weighted by molar-refractivity contribution is 0.0501. The standard InChI is InChI=1S/C19H22N2O4/c1-3-4-12-25-18(22)16-10-5-6-11-17(16)21-19(23)20-14-8-7-9-15(13-14)24-2/h5-11,13H,3-4,12H2,1-2H3,(H2,20,21,23). The summed E-state index contributed by atoms with van der Waals surface area (Å²) in [6.45, 7) is 2.38. The minimum absolute atomic E-state index is 0.319. The molecule has 0 spiro atoms. The zero-order valence-electron chi connectivity index (χ0n) is 14.4. The average molecular weight is 342 g/mol. The van der Waals surface area contributed by atoms with Gasteiger partial charge in [0, 0.05) is 11.8 Å². The highest BCUT2D eigenvalue weighted by Gasteiger charge is 2.14. The summed E-state index contributed by atoms with van der Waals surface area (Å²) in [6, 6.07) is 13.3. The molecule has 0 aliphatic heterocycles. The first-order chi connectivity index (χ1) is 12.1. The number of nitrogens with one attached hydrogen (secondary N) is 2. The predicted octanol–water partition coefficient (Wildman–Crippen LogP) is 4.30. The summed E-state index contributed by atoms with van der Waals surface area (Å²) in [6.07, 6.45) is 1.74. The van der Waals surface area contributed by atoms with E-state index in [1.165, 1.54) is 0 Å². The molecule has 0 radical (unpaired) electrons. The molecule has 0 unspecified atom stereocenters. The number of carbonyl (C=O) groups excluding carboxylic acids is 2. The van der Waals surface area contributed by atoms with Gasteiger partial charge in [-0.1, -0.05) is 31.5 Å². The van der Waals surface area contributed by atoms with E-state index >= 15 is 0 Å². The van der Waals surface area contributed by atoms with Crippen LogP contribution >= 0.6 is 0 Å². The Kier molecular flexibility index (Phi) is 6.83.